The monoisotopic (exact) mass is 217 g/mol. The summed E-state index contributed by atoms with van der Waals surface area (Å²) in [4.78, 5) is 0. The van der Waals surface area contributed by atoms with Crippen LogP contribution < -0.4 is 5.32 Å². The molecular weight excluding hydrogens is 202 g/mol. The van der Waals surface area contributed by atoms with E-state index in [0.29, 0.717) is 6.61 Å². The van der Waals surface area contributed by atoms with Crippen LogP contribution in [0.5, 0.6) is 0 Å². The van der Waals surface area contributed by atoms with E-state index in [2.05, 4.69) is 5.32 Å². The molecule has 0 radical (unpaired) electrons. The van der Waals surface area contributed by atoms with E-state index in [4.69, 9.17) is 4.74 Å². The smallest absolute Gasteiger partial charge is 0.319 e. The Bertz CT molecular complexity index is 143. The first-order chi connectivity index (χ1) is 6.50. The standard InChI is InChI=1S/C8H15F4NO/c1-2-4-14-5-3-13-6-8(11,12)7(9)10/h7,13H,2-6H2,1H3. The number of alkyl halides is 4. The second kappa shape index (κ2) is 7.00. The minimum absolute atomic E-state index is 0.155. The first-order valence-electron chi connectivity index (χ1n) is 4.45. The van der Waals surface area contributed by atoms with Crippen molar-refractivity contribution in [2.45, 2.75) is 25.7 Å². The predicted molar refractivity (Wildman–Crippen MR) is 44.9 cm³/mol. The molecule has 6 heteroatoms. The summed E-state index contributed by atoms with van der Waals surface area (Å²) in [6.07, 6.45) is -2.78. The number of ether oxygens (including phenoxy) is 1. The van der Waals surface area contributed by atoms with E-state index >= 15 is 0 Å². The quantitative estimate of drug-likeness (QED) is 0.495. The van der Waals surface area contributed by atoms with Crippen LogP contribution in [0, 0.1) is 0 Å². The van der Waals surface area contributed by atoms with Gasteiger partial charge in [0.2, 0.25) is 0 Å². The van der Waals surface area contributed by atoms with Gasteiger partial charge in [-0.2, -0.15) is 8.78 Å². The molecule has 0 fully saturated rings. The van der Waals surface area contributed by atoms with Crippen molar-refractivity contribution in [3.05, 3.63) is 0 Å². The average molecular weight is 217 g/mol. The van der Waals surface area contributed by atoms with Gasteiger partial charge in [0.05, 0.1) is 13.2 Å². The molecule has 0 saturated carbocycles. The summed E-state index contributed by atoms with van der Waals surface area (Å²) in [5.74, 6) is -3.95. The molecule has 0 aromatic carbocycles. The zero-order valence-electron chi connectivity index (χ0n) is 8.03. The number of hydrogen-bond donors (Lipinski definition) is 1. The van der Waals surface area contributed by atoms with E-state index in [1.54, 1.807) is 0 Å². The summed E-state index contributed by atoms with van der Waals surface area (Å²) in [5.41, 5.74) is 0. The topological polar surface area (TPSA) is 21.3 Å². The van der Waals surface area contributed by atoms with Gasteiger partial charge in [-0.3, -0.25) is 0 Å². The third-order valence-electron chi connectivity index (χ3n) is 1.45. The highest BCUT2D eigenvalue weighted by atomic mass is 19.3. The average Bonchev–Trinajstić information content (AvgIpc) is 2.10. The summed E-state index contributed by atoms with van der Waals surface area (Å²) in [6.45, 7) is 1.86. The van der Waals surface area contributed by atoms with Crippen LogP contribution in [0.25, 0.3) is 0 Å². The normalized spacial score (nSPS) is 12.4. The van der Waals surface area contributed by atoms with Crippen molar-refractivity contribution >= 4 is 0 Å². The molecule has 0 aliphatic rings. The number of nitrogens with one attached hydrogen (secondary N) is 1. The van der Waals surface area contributed by atoms with Crippen molar-refractivity contribution < 1.29 is 22.3 Å². The van der Waals surface area contributed by atoms with E-state index in [1.165, 1.54) is 0 Å². The third kappa shape index (κ3) is 6.15. The van der Waals surface area contributed by atoms with Crippen LogP contribution in [0.2, 0.25) is 0 Å². The Balaban J connectivity index is 3.35. The van der Waals surface area contributed by atoms with E-state index in [-0.39, 0.29) is 13.2 Å². The Morgan fingerprint density at radius 3 is 2.43 bits per heavy atom. The van der Waals surface area contributed by atoms with Crippen molar-refractivity contribution in [1.29, 1.82) is 0 Å². The maximum atomic E-state index is 12.3. The van der Waals surface area contributed by atoms with Crippen LogP contribution in [-0.2, 0) is 4.74 Å². The molecule has 1 N–H and O–H groups in total. The van der Waals surface area contributed by atoms with Crippen molar-refractivity contribution in [3.63, 3.8) is 0 Å². The molecule has 0 amide bonds. The molecule has 14 heavy (non-hydrogen) atoms. The minimum atomic E-state index is -3.95. The fourth-order valence-corrected chi connectivity index (χ4v) is 0.723. The van der Waals surface area contributed by atoms with Crippen LogP contribution in [0.15, 0.2) is 0 Å². The van der Waals surface area contributed by atoms with Crippen LogP contribution in [-0.4, -0.2) is 38.7 Å². The first-order valence-corrected chi connectivity index (χ1v) is 4.45. The number of halogens is 4. The minimum Gasteiger partial charge on any atom is -0.380 e. The molecule has 0 spiro atoms. The van der Waals surface area contributed by atoms with Gasteiger partial charge in [0.25, 0.3) is 0 Å². The zero-order valence-corrected chi connectivity index (χ0v) is 8.03. The lowest BCUT2D eigenvalue weighted by Crippen LogP contribution is -2.39. The van der Waals surface area contributed by atoms with Gasteiger partial charge >= 0.3 is 12.3 Å². The summed E-state index contributed by atoms with van der Waals surface area (Å²) in [7, 11) is 0. The molecule has 0 bridgehead atoms. The van der Waals surface area contributed by atoms with Gasteiger partial charge in [-0.25, -0.2) is 8.78 Å². The fourth-order valence-electron chi connectivity index (χ4n) is 0.723. The van der Waals surface area contributed by atoms with Gasteiger partial charge in [-0.05, 0) is 6.42 Å². The van der Waals surface area contributed by atoms with Crippen molar-refractivity contribution in [3.8, 4) is 0 Å². The molecule has 0 aromatic rings. The highest BCUT2D eigenvalue weighted by molar-refractivity contribution is 4.71. The predicted octanol–water partition coefficient (Wildman–Crippen LogP) is 1.90. The molecule has 0 aliphatic carbocycles. The Morgan fingerprint density at radius 2 is 1.93 bits per heavy atom. The number of rotatable bonds is 8. The lowest BCUT2D eigenvalue weighted by molar-refractivity contribution is -0.125. The lowest BCUT2D eigenvalue weighted by Gasteiger charge is -2.15. The summed E-state index contributed by atoms with van der Waals surface area (Å²) >= 11 is 0. The van der Waals surface area contributed by atoms with Crippen molar-refractivity contribution in [2.24, 2.45) is 0 Å². The third-order valence-corrected chi connectivity index (χ3v) is 1.45. The molecule has 2 nitrogen and oxygen atoms in total. The Labute approximate surface area is 80.6 Å². The van der Waals surface area contributed by atoms with Gasteiger partial charge in [0, 0.05) is 13.2 Å². The summed E-state index contributed by atoms with van der Waals surface area (Å²) in [5, 5.41) is 2.21. The lowest BCUT2D eigenvalue weighted by atomic mass is 10.3. The van der Waals surface area contributed by atoms with E-state index < -0.39 is 18.9 Å². The molecule has 0 heterocycles. The van der Waals surface area contributed by atoms with Gasteiger partial charge < -0.3 is 10.1 Å². The van der Waals surface area contributed by atoms with Crippen molar-refractivity contribution in [1.82, 2.24) is 5.32 Å². The van der Waals surface area contributed by atoms with Gasteiger partial charge in [-0.15, -0.1) is 0 Å². The van der Waals surface area contributed by atoms with Gasteiger partial charge in [0.15, 0.2) is 0 Å². The highest BCUT2D eigenvalue weighted by Gasteiger charge is 2.39. The second-order valence-electron chi connectivity index (χ2n) is 2.85. The maximum absolute atomic E-state index is 12.3. The molecular formula is C8H15F4NO. The molecule has 0 aliphatic heterocycles. The zero-order chi connectivity index (χ0) is 11.0. The molecule has 0 rings (SSSR count). The van der Waals surface area contributed by atoms with Gasteiger partial charge in [-0.1, -0.05) is 6.92 Å². The fraction of sp³-hybridized carbons (Fsp3) is 1.00. The van der Waals surface area contributed by atoms with Crippen LogP contribution in [0.3, 0.4) is 0 Å². The van der Waals surface area contributed by atoms with Crippen LogP contribution in [0.1, 0.15) is 13.3 Å². The highest BCUT2D eigenvalue weighted by Crippen LogP contribution is 2.21. The molecule has 0 saturated heterocycles. The first kappa shape index (κ1) is 13.6. The van der Waals surface area contributed by atoms with Gasteiger partial charge in [0.1, 0.15) is 0 Å². The largest absolute Gasteiger partial charge is 0.380 e. The Kier molecular flexibility index (Phi) is 6.82. The van der Waals surface area contributed by atoms with E-state index in [0.717, 1.165) is 6.42 Å². The Morgan fingerprint density at radius 1 is 1.29 bits per heavy atom. The SMILES string of the molecule is CCCOCCNCC(F)(F)C(F)F. The second-order valence-corrected chi connectivity index (χ2v) is 2.85. The Hall–Kier alpha value is -0.360. The van der Waals surface area contributed by atoms with Crippen LogP contribution >= 0.6 is 0 Å². The van der Waals surface area contributed by atoms with Crippen molar-refractivity contribution in [2.75, 3.05) is 26.3 Å². The van der Waals surface area contributed by atoms with E-state index in [9.17, 15) is 17.6 Å². The number of hydrogen-bond acceptors (Lipinski definition) is 2. The summed E-state index contributed by atoms with van der Waals surface area (Å²) in [6, 6.07) is 0. The molecule has 0 unspecified atom stereocenters. The summed E-state index contributed by atoms with van der Waals surface area (Å²) < 4.78 is 52.7. The molecule has 0 atom stereocenters. The molecule has 86 valence electrons. The van der Waals surface area contributed by atoms with Crippen LogP contribution in [0.4, 0.5) is 17.6 Å². The molecule has 0 aromatic heterocycles. The van der Waals surface area contributed by atoms with E-state index in [1.807, 2.05) is 6.92 Å². The maximum Gasteiger partial charge on any atom is 0.319 e.